The minimum Gasteiger partial charge on any atom is -0.278 e. The molecule has 2 amide bonds. The maximum absolute atomic E-state index is 12.5. The van der Waals surface area contributed by atoms with Gasteiger partial charge in [-0.15, -0.1) is 0 Å². The predicted molar refractivity (Wildman–Crippen MR) is 89.6 cm³/mol. The van der Waals surface area contributed by atoms with Gasteiger partial charge in [0.15, 0.2) is 0 Å². The number of likely N-dealkylation sites (tertiary alicyclic amines) is 1. The molecule has 3 nitrogen and oxygen atoms in total. The standard InChI is InChI=1S/C20H21NO2/c1-15-7-9-16(10-8-15)11-12-18-13-19(22)21(20(18)23)14-17-5-3-2-4-6-17/h2-10,18H,11-14H2,1H3/t18-/m1/s1. The predicted octanol–water partition coefficient (Wildman–Crippen LogP) is 3.50. The highest BCUT2D eigenvalue weighted by Crippen LogP contribution is 2.26. The molecule has 0 aliphatic carbocycles. The average molecular weight is 307 g/mol. The van der Waals surface area contributed by atoms with Crippen LogP contribution in [-0.2, 0) is 22.6 Å². The highest BCUT2D eigenvalue weighted by molar-refractivity contribution is 6.03. The van der Waals surface area contributed by atoms with Crippen LogP contribution in [0.2, 0.25) is 0 Å². The first-order chi connectivity index (χ1) is 11.1. The summed E-state index contributed by atoms with van der Waals surface area (Å²) in [7, 11) is 0. The van der Waals surface area contributed by atoms with E-state index in [1.807, 2.05) is 30.3 Å². The van der Waals surface area contributed by atoms with Gasteiger partial charge in [-0.1, -0.05) is 60.2 Å². The third-order valence-corrected chi connectivity index (χ3v) is 4.42. The van der Waals surface area contributed by atoms with Gasteiger partial charge in [-0.25, -0.2) is 0 Å². The molecule has 1 atom stereocenters. The molecule has 1 fully saturated rings. The van der Waals surface area contributed by atoms with Crippen LogP contribution in [-0.4, -0.2) is 16.7 Å². The first kappa shape index (κ1) is 15.5. The number of rotatable bonds is 5. The molecule has 3 heteroatoms. The van der Waals surface area contributed by atoms with Crippen molar-refractivity contribution in [3.63, 3.8) is 0 Å². The summed E-state index contributed by atoms with van der Waals surface area (Å²) in [4.78, 5) is 26.1. The van der Waals surface area contributed by atoms with Crippen molar-refractivity contribution in [2.45, 2.75) is 32.7 Å². The molecule has 1 heterocycles. The fraction of sp³-hybridized carbons (Fsp3) is 0.300. The lowest BCUT2D eigenvalue weighted by molar-refractivity contribution is -0.140. The van der Waals surface area contributed by atoms with Crippen LogP contribution in [0, 0.1) is 12.8 Å². The van der Waals surface area contributed by atoms with E-state index in [9.17, 15) is 9.59 Å². The van der Waals surface area contributed by atoms with Crippen molar-refractivity contribution in [2.24, 2.45) is 5.92 Å². The van der Waals surface area contributed by atoms with Gasteiger partial charge in [0.2, 0.25) is 11.8 Å². The molecule has 2 aromatic rings. The number of hydrogen-bond donors (Lipinski definition) is 0. The van der Waals surface area contributed by atoms with Crippen LogP contribution in [0.4, 0.5) is 0 Å². The van der Waals surface area contributed by atoms with Crippen LogP contribution in [0.3, 0.4) is 0 Å². The molecule has 0 saturated carbocycles. The van der Waals surface area contributed by atoms with Crippen molar-refractivity contribution in [3.8, 4) is 0 Å². The zero-order valence-electron chi connectivity index (χ0n) is 13.4. The van der Waals surface area contributed by atoms with Crippen molar-refractivity contribution >= 4 is 11.8 Å². The molecule has 1 aliphatic heterocycles. The van der Waals surface area contributed by atoms with Crippen LogP contribution in [0.5, 0.6) is 0 Å². The monoisotopic (exact) mass is 307 g/mol. The van der Waals surface area contributed by atoms with E-state index in [2.05, 4.69) is 31.2 Å². The Hall–Kier alpha value is -2.42. The summed E-state index contributed by atoms with van der Waals surface area (Å²) in [5.41, 5.74) is 3.45. The maximum Gasteiger partial charge on any atom is 0.233 e. The molecule has 0 N–H and O–H groups in total. The molecule has 2 aromatic carbocycles. The Kier molecular flexibility index (Phi) is 4.56. The SMILES string of the molecule is Cc1ccc(CC[C@@H]2CC(=O)N(Cc3ccccc3)C2=O)cc1. The van der Waals surface area contributed by atoms with E-state index in [1.54, 1.807) is 0 Å². The van der Waals surface area contributed by atoms with Gasteiger partial charge in [-0.2, -0.15) is 0 Å². The lowest BCUT2D eigenvalue weighted by Gasteiger charge is -2.15. The van der Waals surface area contributed by atoms with Crippen LogP contribution in [0.25, 0.3) is 0 Å². The molecule has 0 bridgehead atoms. The number of aryl methyl sites for hydroxylation is 2. The molecule has 1 aliphatic rings. The second-order valence-electron chi connectivity index (χ2n) is 6.23. The Morgan fingerprint density at radius 3 is 2.35 bits per heavy atom. The quantitative estimate of drug-likeness (QED) is 0.793. The number of imide groups is 1. The largest absolute Gasteiger partial charge is 0.278 e. The van der Waals surface area contributed by atoms with E-state index in [0.29, 0.717) is 13.0 Å². The smallest absolute Gasteiger partial charge is 0.233 e. The van der Waals surface area contributed by atoms with Gasteiger partial charge < -0.3 is 0 Å². The van der Waals surface area contributed by atoms with E-state index >= 15 is 0 Å². The van der Waals surface area contributed by atoms with E-state index in [-0.39, 0.29) is 17.7 Å². The van der Waals surface area contributed by atoms with E-state index in [4.69, 9.17) is 0 Å². The van der Waals surface area contributed by atoms with Crippen molar-refractivity contribution in [2.75, 3.05) is 0 Å². The summed E-state index contributed by atoms with van der Waals surface area (Å²) in [6.45, 7) is 2.45. The summed E-state index contributed by atoms with van der Waals surface area (Å²) in [5.74, 6) is -0.244. The molecule has 1 saturated heterocycles. The molecule has 23 heavy (non-hydrogen) atoms. The lowest BCUT2D eigenvalue weighted by Crippen LogP contribution is -2.30. The summed E-state index contributed by atoms with van der Waals surface area (Å²) < 4.78 is 0. The van der Waals surface area contributed by atoms with Gasteiger partial charge >= 0.3 is 0 Å². The van der Waals surface area contributed by atoms with Crippen LogP contribution in [0.1, 0.15) is 29.5 Å². The molecule has 3 rings (SSSR count). The van der Waals surface area contributed by atoms with Crippen molar-refractivity contribution in [1.29, 1.82) is 0 Å². The molecule has 0 radical (unpaired) electrons. The third kappa shape index (κ3) is 3.67. The first-order valence-corrected chi connectivity index (χ1v) is 8.07. The number of benzene rings is 2. The van der Waals surface area contributed by atoms with Crippen molar-refractivity contribution in [1.82, 2.24) is 4.90 Å². The number of amides is 2. The zero-order chi connectivity index (χ0) is 16.2. The molecule has 0 unspecified atom stereocenters. The van der Waals surface area contributed by atoms with E-state index < -0.39 is 0 Å². The van der Waals surface area contributed by atoms with Crippen LogP contribution >= 0.6 is 0 Å². The second kappa shape index (κ2) is 6.78. The van der Waals surface area contributed by atoms with Gasteiger partial charge in [-0.3, -0.25) is 14.5 Å². The highest BCUT2D eigenvalue weighted by Gasteiger charge is 2.37. The Morgan fingerprint density at radius 2 is 1.65 bits per heavy atom. The Bertz CT molecular complexity index is 691. The normalized spacial score (nSPS) is 17.8. The average Bonchev–Trinajstić information content (AvgIpc) is 2.83. The molecule has 0 spiro atoms. The fourth-order valence-electron chi connectivity index (χ4n) is 3.00. The lowest BCUT2D eigenvalue weighted by atomic mass is 9.97. The summed E-state index contributed by atoms with van der Waals surface area (Å²) in [6.07, 6.45) is 1.92. The Morgan fingerprint density at radius 1 is 0.957 bits per heavy atom. The number of nitrogens with zero attached hydrogens (tertiary/aromatic N) is 1. The first-order valence-electron chi connectivity index (χ1n) is 8.07. The minimum atomic E-state index is -0.174. The van der Waals surface area contributed by atoms with Crippen LogP contribution in [0.15, 0.2) is 54.6 Å². The van der Waals surface area contributed by atoms with E-state index in [0.717, 1.165) is 18.4 Å². The summed E-state index contributed by atoms with van der Waals surface area (Å²) in [5, 5.41) is 0. The maximum atomic E-state index is 12.5. The number of carbonyl (C=O) groups is 2. The topological polar surface area (TPSA) is 37.4 Å². The van der Waals surface area contributed by atoms with Gasteiger partial charge in [0.1, 0.15) is 0 Å². The third-order valence-electron chi connectivity index (χ3n) is 4.42. The Labute approximate surface area is 136 Å². The van der Waals surface area contributed by atoms with Gasteiger partial charge in [0, 0.05) is 12.3 Å². The second-order valence-corrected chi connectivity index (χ2v) is 6.23. The van der Waals surface area contributed by atoms with Crippen LogP contribution < -0.4 is 0 Å². The minimum absolute atomic E-state index is 0.0223. The number of carbonyl (C=O) groups excluding carboxylic acids is 2. The Balaban J connectivity index is 1.60. The molecular formula is C20H21NO2. The van der Waals surface area contributed by atoms with Gasteiger partial charge in [-0.05, 0) is 30.9 Å². The highest BCUT2D eigenvalue weighted by atomic mass is 16.2. The van der Waals surface area contributed by atoms with Gasteiger partial charge in [0.05, 0.1) is 6.54 Å². The molecule has 118 valence electrons. The van der Waals surface area contributed by atoms with Gasteiger partial charge in [0.25, 0.3) is 0 Å². The summed E-state index contributed by atoms with van der Waals surface area (Å²) in [6, 6.07) is 18.0. The summed E-state index contributed by atoms with van der Waals surface area (Å²) >= 11 is 0. The fourth-order valence-corrected chi connectivity index (χ4v) is 3.00. The van der Waals surface area contributed by atoms with E-state index in [1.165, 1.54) is 16.0 Å². The molecular weight excluding hydrogens is 286 g/mol. The van der Waals surface area contributed by atoms with Crippen molar-refractivity contribution < 1.29 is 9.59 Å². The molecule has 0 aromatic heterocycles. The zero-order valence-corrected chi connectivity index (χ0v) is 13.4. The number of hydrogen-bond acceptors (Lipinski definition) is 2. The van der Waals surface area contributed by atoms with Crippen molar-refractivity contribution in [3.05, 3.63) is 71.3 Å².